The maximum atomic E-state index is 13.6. The van der Waals surface area contributed by atoms with E-state index in [2.05, 4.69) is 10.3 Å². The van der Waals surface area contributed by atoms with E-state index in [-0.39, 0.29) is 17.7 Å². The Balaban J connectivity index is 1.59. The molecule has 0 bridgehead atoms. The molecule has 3 aromatic carbocycles. The summed E-state index contributed by atoms with van der Waals surface area (Å²) in [5, 5.41) is 3.16. The van der Waals surface area contributed by atoms with Crippen molar-refractivity contribution in [2.45, 2.75) is 19.6 Å². The molecule has 5 aromatic rings. The molecule has 0 radical (unpaired) electrons. The minimum Gasteiger partial charge on any atom is -0.324 e. The first kappa shape index (κ1) is 23.3. The number of halogens is 1. The summed E-state index contributed by atoms with van der Waals surface area (Å²) in [7, 11) is 0. The van der Waals surface area contributed by atoms with Crippen molar-refractivity contribution in [2.24, 2.45) is 0 Å². The molecule has 8 nitrogen and oxygen atoms in total. The number of amides is 1. The average molecular weight is 500 g/mol. The molecular weight excluding hydrogens is 478 g/mol. The van der Waals surface area contributed by atoms with Crippen molar-refractivity contribution >= 4 is 34.4 Å². The van der Waals surface area contributed by atoms with E-state index in [1.54, 1.807) is 35.2 Å². The second kappa shape index (κ2) is 10.1. The molecule has 0 aliphatic carbocycles. The van der Waals surface area contributed by atoms with E-state index >= 15 is 0 Å². The topological polar surface area (TPSA) is 90.9 Å². The number of nitrogens with zero attached hydrogens (tertiary/aromatic N) is 4. The summed E-state index contributed by atoms with van der Waals surface area (Å²) >= 11 is 6.00. The van der Waals surface area contributed by atoms with Crippen molar-refractivity contribution in [1.82, 2.24) is 18.7 Å². The zero-order chi connectivity index (χ0) is 25.1. The quantitative estimate of drug-likeness (QED) is 0.369. The van der Waals surface area contributed by atoms with E-state index in [9.17, 15) is 14.4 Å². The van der Waals surface area contributed by atoms with Gasteiger partial charge in [0, 0.05) is 17.3 Å². The number of fused-ring (bicyclic) bond motifs is 1. The third-order valence-corrected chi connectivity index (χ3v) is 6.01. The maximum Gasteiger partial charge on any atom is 0.333 e. The van der Waals surface area contributed by atoms with Gasteiger partial charge in [0.05, 0.1) is 12.9 Å². The molecule has 0 unspecified atom stereocenters. The zero-order valence-corrected chi connectivity index (χ0v) is 19.9. The number of anilines is 1. The highest BCUT2D eigenvalue weighted by atomic mass is 35.5. The number of rotatable bonds is 7. The van der Waals surface area contributed by atoms with Gasteiger partial charge in [0.1, 0.15) is 6.54 Å². The van der Waals surface area contributed by atoms with Crippen LogP contribution in [0.1, 0.15) is 11.1 Å². The van der Waals surface area contributed by atoms with Crippen LogP contribution in [0.3, 0.4) is 0 Å². The smallest absolute Gasteiger partial charge is 0.324 e. The predicted octanol–water partition coefficient (Wildman–Crippen LogP) is 3.75. The summed E-state index contributed by atoms with van der Waals surface area (Å²) in [4.78, 5) is 44.3. The Labute approximate surface area is 211 Å². The van der Waals surface area contributed by atoms with Crippen molar-refractivity contribution in [3.05, 3.63) is 128 Å². The van der Waals surface area contributed by atoms with Crippen LogP contribution in [0, 0.1) is 0 Å². The van der Waals surface area contributed by atoms with Gasteiger partial charge in [0.25, 0.3) is 5.56 Å². The van der Waals surface area contributed by atoms with Crippen molar-refractivity contribution in [3.63, 3.8) is 0 Å². The van der Waals surface area contributed by atoms with E-state index in [4.69, 9.17) is 11.6 Å². The summed E-state index contributed by atoms with van der Waals surface area (Å²) in [6.45, 7) is 0.144. The molecule has 0 fully saturated rings. The van der Waals surface area contributed by atoms with E-state index in [1.165, 1.54) is 4.57 Å². The lowest BCUT2D eigenvalue weighted by molar-refractivity contribution is -0.116. The zero-order valence-electron chi connectivity index (χ0n) is 19.2. The van der Waals surface area contributed by atoms with Crippen LogP contribution in [0.25, 0.3) is 11.2 Å². The number of hydrogen-bond donors (Lipinski definition) is 1. The molecule has 1 N–H and O–H groups in total. The highest BCUT2D eigenvalue weighted by Gasteiger charge is 2.20. The van der Waals surface area contributed by atoms with Crippen LogP contribution in [-0.2, 0) is 24.4 Å². The van der Waals surface area contributed by atoms with E-state index in [0.29, 0.717) is 17.3 Å². The number of nitrogens with one attached hydrogen (secondary N) is 1. The molecule has 0 spiro atoms. The van der Waals surface area contributed by atoms with Gasteiger partial charge in [-0.3, -0.25) is 14.2 Å². The van der Waals surface area contributed by atoms with Crippen LogP contribution in [-0.4, -0.2) is 24.6 Å². The minimum absolute atomic E-state index is 0.203. The molecule has 0 atom stereocenters. The van der Waals surface area contributed by atoms with Crippen LogP contribution in [0.4, 0.5) is 5.69 Å². The average Bonchev–Trinajstić information content (AvgIpc) is 3.29. The van der Waals surface area contributed by atoms with Crippen molar-refractivity contribution in [2.75, 3.05) is 5.32 Å². The second-order valence-corrected chi connectivity index (χ2v) is 8.77. The Kier molecular flexibility index (Phi) is 6.51. The molecule has 0 aliphatic heterocycles. The largest absolute Gasteiger partial charge is 0.333 e. The highest BCUT2D eigenvalue weighted by Crippen LogP contribution is 2.15. The molecular formula is C27H22ClN5O3. The Morgan fingerprint density at radius 3 is 2.17 bits per heavy atom. The minimum atomic E-state index is -0.609. The summed E-state index contributed by atoms with van der Waals surface area (Å²) in [5.74, 6) is -0.517. The van der Waals surface area contributed by atoms with Gasteiger partial charge in [0.2, 0.25) is 5.91 Å². The normalized spacial score (nSPS) is 11.0. The van der Waals surface area contributed by atoms with Crippen molar-refractivity contribution in [3.8, 4) is 0 Å². The maximum absolute atomic E-state index is 13.6. The lowest BCUT2D eigenvalue weighted by Crippen LogP contribution is -2.43. The van der Waals surface area contributed by atoms with Crippen LogP contribution in [0.5, 0.6) is 0 Å². The summed E-state index contributed by atoms with van der Waals surface area (Å²) in [6.07, 6.45) is 1.55. The molecule has 180 valence electrons. The summed E-state index contributed by atoms with van der Waals surface area (Å²) < 4.78 is 4.09. The van der Waals surface area contributed by atoms with Crippen LogP contribution < -0.4 is 16.6 Å². The first-order valence-corrected chi connectivity index (χ1v) is 11.7. The monoisotopic (exact) mass is 499 g/mol. The molecule has 5 rings (SSSR count). The third-order valence-electron chi connectivity index (χ3n) is 5.77. The lowest BCUT2D eigenvalue weighted by Gasteiger charge is -2.13. The number of carbonyl (C=O) groups excluding carboxylic acids is 1. The van der Waals surface area contributed by atoms with E-state index in [1.807, 2.05) is 60.7 Å². The number of carbonyl (C=O) groups is 1. The van der Waals surface area contributed by atoms with Crippen molar-refractivity contribution in [1.29, 1.82) is 0 Å². The summed E-state index contributed by atoms with van der Waals surface area (Å²) in [5.41, 5.74) is 1.66. The number of imidazole rings is 1. The molecule has 2 heterocycles. The van der Waals surface area contributed by atoms with Gasteiger partial charge in [-0.15, -0.1) is 0 Å². The number of hydrogen-bond acceptors (Lipinski definition) is 4. The molecule has 0 aliphatic rings. The molecule has 1 amide bonds. The molecule has 2 aromatic heterocycles. The van der Waals surface area contributed by atoms with Crippen LogP contribution in [0.15, 0.2) is 101 Å². The first-order valence-electron chi connectivity index (χ1n) is 11.3. The molecule has 36 heavy (non-hydrogen) atoms. The van der Waals surface area contributed by atoms with E-state index in [0.717, 1.165) is 15.7 Å². The van der Waals surface area contributed by atoms with Gasteiger partial charge in [-0.1, -0.05) is 78.3 Å². The van der Waals surface area contributed by atoms with Gasteiger partial charge in [-0.25, -0.2) is 14.3 Å². The Morgan fingerprint density at radius 2 is 1.50 bits per heavy atom. The Morgan fingerprint density at radius 1 is 0.833 bits per heavy atom. The lowest BCUT2D eigenvalue weighted by atomic mass is 10.2. The van der Waals surface area contributed by atoms with Gasteiger partial charge < -0.3 is 9.88 Å². The fourth-order valence-electron chi connectivity index (χ4n) is 4.10. The first-order chi connectivity index (χ1) is 17.5. The van der Waals surface area contributed by atoms with E-state index < -0.39 is 23.7 Å². The Bertz CT molecular complexity index is 1660. The van der Waals surface area contributed by atoms with Gasteiger partial charge in [-0.2, -0.15) is 0 Å². The Hall–Kier alpha value is -4.43. The number of aromatic nitrogens is 4. The SMILES string of the molecule is O=C(Cn1c(=O)c2c(ncn2Cc2ccccc2)n(Cc2ccccc2)c1=O)Nc1cccc(Cl)c1. The second-order valence-electron chi connectivity index (χ2n) is 8.33. The summed E-state index contributed by atoms with van der Waals surface area (Å²) in [6, 6.07) is 25.7. The fourth-order valence-corrected chi connectivity index (χ4v) is 4.29. The fraction of sp³-hybridized carbons (Fsp3) is 0.111. The van der Waals surface area contributed by atoms with Gasteiger partial charge in [-0.05, 0) is 29.3 Å². The van der Waals surface area contributed by atoms with Crippen LogP contribution in [0.2, 0.25) is 5.02 Å². The standard InChI is InChI=1S/C27H22ClN5O3/c28-21-12-7-13-22(14-21)30-23(34)17-33-26(35)24-25(29-18-31(24)15-19-8-3-1-4-9-19)32(27(33)36)16-20-10-5-2-6-11-20/h1-14,18H,15-17H2,(H,30,34). The third kappa shape index (κ3) is 4.85. The molecule has 9 heteroatoms. The highest BCUT2D eigenvalue weighted by molar-refractivity contribution is 6.30. The number of benzene rings is 3. The molecule has 0 saturated heterocycles. The van der Waals surface area contributed by atoms with Gasteiger partial charge >= 0.3 is 5.69 Å². The van der Waals surface area contributed by atoms with Gasteiger partial charge in [0.15, 0.2) is 11.2 Å². The van der Waals surface area contributed by atoms with Crippen molar-refractivity contribution < 1.29 is 4.79 Å². The molecule has 0 saturated carbocycles. The predicted molar refractivity (Wildman–Crippen MR) is 139 cm³/mol. The van der Waals surface area contributed by atoms with Crippen LogP contribution >= 0.6 is 11.6 Å².